The van der Waals surface area contributed by atoms with E-state index in [2.05, 4.69) is 0 Å². The molecule has 0 saturated heterocycles. The second-order valence-corrected chi connectivity index (χ2v) is 10.6. The minimum absolute atomic E-state index is 0.195. The molecule has 0 spiro atoms. The second kappa shape index (κ2) is 10.5. The van der Waals surface area contributed by atoms with E-state index in [4.69, 9.17) is 4.74 Å². The number of allylic oxidation sites excluding steroid dienone is 1. The Balaban J connectivity index is 1.91. The van der Waals surface area contributed by atoms with E-state index in [1.807, 2.05) is 39.8 Å². The highest BCUT2D eigenvalue weighted by Crippen LogP contribution is 2.47. The van der Waals surface area contributed by atoms with Crippen LogP contribution in [0.15, 0.2) is 24.3 Å². The zero-order chi connectivity index (χ0) is 26.0. The number of halogens is 3. The lowest BCUT2D eigenvalue weighted by Crippen LogP contribution is -2.24. The third kappa shape index (κ3) is 6.31. The van der Waals surface area contributed by atoms with Crippen LogP contribution in [0.25, 0.3) is 12.2 Å². The maximum absolute atomic E-state index is 13.7. The van der Waals surface area contributed by atoms with Crippen LogP contribution < -0.4 is 0 Å². The van der Waals surface area contributed by atoms with Gasteiger partial charge in [-0.3, -0.25) is 4.79 Å². The third-order valence-electron chi connectivity index (χ3n) is 6.28. The molecule has 3 nitrogen and oxygen atoms in total. The monoisotopic (exact) mass is 504 g/mol. The van der Waals surface area contributed by atoms with E-state index >= 15 is 0 Å². The summed E-state index contributed by atoms with van der Waals surface area (Å²) in [5.41, 5.74) is 4.23. The van der Waals surface area contributed by atoms with E-state index in [1.54, 1.807) is 19.1 Å². The van der Waals surface area contributed by atoms with Gasteiger partial charge in [0, 0.05) is 6.08 Å². The summed E-state index contributed by atoms with van der Waals surface area (Å²) in [6.45, 7) is 9.88. The number of fused-ring (bicyclic) bond motifs is 1. The van der Waals surface area contributed by atoms with Gasteiger partial charge in [0.15, 0.2) is 5.78 Å². The van der Waals surface area contributed by atoms with Gasteiger partial charge in [0.05, 0.1) is 11.5 Å². The summed E-state index contributed by atoms with van der Waals surface area (Å²) >= 11 is 0.574. The van der Waals surface area contributed by atoms with Gasteiger partial charge in [-0.15, -0.1) is 11.3 Å². The first-order valence-electron chi connectivity index (χ1n) is 11.8. The zero-order valence-electron chi connectivity index (χ0n) is 20.8. The van der Waals surface area contributed by atoms with Crippen LogP contribution in [-0.2, 0) is 35.0 Å². The molecule has 3 rings (SSSR count). The Morgan fingerprint density at radius 3 is 2.46 bits per heavy atom. The highest BCUT2D eigenvalue weighted by atomic mass is 32.1. The number of esters is 1. The van der Waals surface area contributed by atoms with Gasteiger partial charge in [-0.05, 0) is 90.5 Å². The molecule has 0 amide bonds. The summed E-state index contributed by atoms with van der Waals surface area (Å²) in [4.78, 5) is 24.3. The van der Waals surface area contributed by atoms with Crippen molar-refractivity contribution in [3.05, 3.63) is 67.4 Å². The standard InChI is InChI=1S/C28H31F3O3S/c1-6-19-15-18(14-17(3)20(19)9-11-24(33)34-7-2)8-10-23(32)25-21-12-13-27(4,5)16-22(21)26(35-25)28(29,30)31/h8-11,14-15H,6-7,12-13,16H2,1-5H3/b10-8+,11-9+. The Morgan fingerprint density at radius 1 is 1.11 bits per heavy atom. The molecule has 0 fully saturated rings. The first-order chi connectivity index (χ1) is 16.4. The number of hydrogen-bond donors (Lipinski definition) is 0. The largest absolute Gasteiger partial charge is 0.463 e. The van der Waals surface area contributed by atoms with Gasteiger partial charge in [0.2, 0.25) is 0 Å². The molecule has 7 heteroatoms. The van der Waals surface area contributed by atoms with Crippen molar-refractivity contribution in [2.75, 3.05) is 6.61 Å². The van der Waals surface area contributed by atoms with Crippen molar-refractivity contribution in [2.24, 2.45) is 5.41 Å². The van der Waals surface area contributed by atoms with Gasteiger partial charge in [-0.25, -0.2) is 4.79 Å². The smallest absolute Gasteiger partial charge is 0.425 e. The number of ketones is 1. The van der Waals surface area contributed by atoms with Crippen molar-refractivity contribution in [1.29, 1.82) is 0 Å². The molecule has 0 radical (unpaired) electrons. The van der Waals surface area contributed by atoms with Crippen LogP contribution in [-0.4, -0.2) is 18.4 Å². The highest BCUT2D eigenvalue weighted by molar-refractivity contribution is 7.14. The Hall–Kier alpha value is -2.67. The molecule has 0 N–H and O–H groups in total. The molecule has 1 aliphatic rings. The lowest BCUT2D eigenvalue weighted by molar-refractivity contribution is -0.137. The van der Waals surface area contributed by atoms with Crippen LogP contribution >= 0.6 is 11.3 Å². The Bertz CT molecular complexity index is 1180. The van der Waals surface area contributed by atoms with Gasteiger partial charge in [0.1, 0.15) is 4.88 Å². The van der Waals surface area contributed by atoms with Gasteiger partial charge in [-0.2, -0.15) is 13.2 Å². The third-order valence-corrected chi connectivity index (χ3v) is 7.61. The predicted octanol–water partition coefficient (Wildman–Crippen LogP) is 7.63. The molecule has 0 unspecified atom stereocenters. The zero-order valence-corrected chi connectivity index (χ0v) is 21.6. The Labute approximate surface area is 208 Å². The van der Waals surface area contributed by atoms with E-state index in [1.165, 1.54) is 12.2 Å². The summed E-state index contributed by atoms with van der Waals surface area (Å²) in [7, 11) is 0. The molecular weight excluding hydrogens is 473 g/mol. The molecule has 1 heterocycles. The summed E-state index contributed by atoms with van der Waals surface area (Å²) in [5.74, 6) is -0.812. The van der Waals surface area contributed by atoms with Crippen molar-refractivity contribution in [1.82, 2.24) is 0 Å². The van der Waals surface area contributed by atoms with E-state index in [9.17, 15) is 22.8 Å². The van der Waals surface area contributed by atoms with Gasteiger partial charge < -0.3 is 4.74 Å². The van der Waals surface area contributed by atoms with Gasteiger partial charge >= 0.3 is 12.1 Å². The SMILES string of the molecule is CCOC(=O)/C=C/c1c(C)cc(/C=C/C(=O)c2sc(C(F)(F)F)c3c2CCC(C)(C)C3)cc1CC. The fraction of sp³-hybridized carbons (Fsp3) is 0.429. The van der Waals surface area contributed by atoms with E-state index < -0.39 is 22.8 Å². The quantitative estimate of drug-likeness (QED) is 0.221. The first-order valence-corrected chi connectivity index (χ1v) is 12.6. The van der Waals surface area contributed by atoms with Crippen LogP contribution in [0.4, 0.5) is 13.2 Å². The van der Waals surface area contributed by atoms with Crippen molar-refractivity contribution in [2.45, 2.75) is 66.5 Å². The van der Waals surface area contributed by atoms with Crippen LogP contribution in [0.3, 0.4) is 0 Å². The molecule has 2 aromatic rings. The Morgan fingerprint density at radius 2 is 1.83 bits per heavy atom. The summed E-state index contributed by atoms with van der Waals surface area (Å²) < 4.78 is 46.1. The fourth-order valence-electron chi connectivity index (χ4n) is 4.53. The van der Waals surface area contributed by atoms with E-state index in [0.29, 0.717) is 42.8 Å². The van der Waals surface area contributed by atoms with Crippen LogP contribution in [0.2, 0.25) is 0 Å². The first kappa shape index (κ1) is 26.9. The van der Waals surface area contributed by atoms with Crippen LogP contribution in [0.1, 0.15) is 82.0 Å². The maximum Gasteiger partial charge on any atom is 0.425 e. The number of hydrogen-bond acceptors (Lipinski definition) is 4. The average molecular weight is 505 g/mol. The summed E-state index contributed by atoms with van der Waals surface area (Å²) in [6.07, 6.45) is 3.93. The average Bonchev–Trinajstić information content (AvgIpc) is 3.14. The highest BCUT2D eigenvalue weighted by Gasteiger charge is 2.42. The number of ether oxygens (including phenoxy) is 1. The number of carbonyl (C=O) groups excluding carboxylic acids is 2. The number of benzene rings is 1. The van der Waals surface area contributed by atoms with Crippen molar-refractivity contribution in [3.63, 3.8) is 0 Å². The number of alkyl halides is 3. The minimum Gasteiger partial charge on any atom is -0.463 e. The topological polar surface area (TPSA) is 43.4 Å². The number of thiophene rings is 1. The lowest BCUT2D eigenvalue weighted by Gasteiger charge is -2.30. The number of carbonyl (C=O) groups is 2. The van der Waals surface area contributed by atoms with Crippen molar-refractivity contribution in [3.8, 4) is 0 Å². The molecule has 1 aliphatic carbocycles. The fourth-order valence-corrected chi connectivity index (χ4v) is 5.68. The molecule has 1 aromatic heterocycles. The minimum atomic E-state index is -4.47. The molecule has 0 saturated carbocycles. The maximum atomic E-state index is 13.7. The van der Waals surface area contributed by atoms with Crippen LogP contribution in [0, 0.1) is 12.3 Å². The van der Waals surface area contributed by atoms with Gasteiger partial charge in [-0.1, -0.05) is 39.0 Å². The van der Waals surface area contributed by atoms with Gasteiger partial charge in [0.25, 0.3) is 0 Å². The molecular formula is C28H31F3O3S. The van der Waals surface area contributed by atoms with E-state index in [0.717, 1.165) is 28.7 Å². The second-order valence-electron chi connectivity index (χ2n) is 9.60. The van der Waals surface area contributed by atoms with E-state index in [-0.39, 0.29) is 15.9 Å². The molecule has 0 bridgehead atoms. The van der Waals surface area contributed by atoms with Crippen molar-refractivity contribution >= 4 is 35.2 Å². The number of rotatable bonds is 7. The lowest BCUT2D eigenvalue weighted by atomic mass is 9.74. The molecule has 188 valence electrons. The molecule has 35 heavy (non-hydrogen) atoms. The predicted molar refractivity (Wildman–Crippen MR) is 135 cm³/mol. The summed E-state index contributed by atoms with van der Waals surface area (Å²) in [5, 5.41) is 0. The molecule has 0 atom stereocenters. The molecule has 0 aliphatic heterocycles. The Kier molecular flexibility index (Phi) is 8.10. The molecule has 1 aromatic carbocycles. The summed E-state index contributed by atoms with van der Waals surface area (Å²) in [6, 6.07) is 3.82. The normalized spacial score (nSPS) is 15.5. The van der Waals surface area contributed by atoms with Crippen LogP contribution in [0.5, 0.6) is 0 Å². The number of aryl methyl sites for hydroxylation is 2. The van der Waals surface area contributed by atoms with Crippen molar-refractivity contribution < 1.29 is 27.5 Å².